The number of aromatic nitrogens is 2. The van der Waals surface area contributed by atoms with Crippen molar-refractivity contribution in [2.24, 2.45) is 4.99 Å². The topological polar surface area (TPSA) is 97.7 Å². The molecule has 0 radical (unpaired) electrons. The Morgan fingerprint density at radius 1 is 1.27 bits per heavy atom. The summed E-state index contributed by atoms with van der Waals surface area (Å²) in [5.41, 5.74) is 0.762. The average Bonchev–Trinajstić information content (AvgIpc) is 3.35. The smallest absolute Gasteiger partial charge is 0.228 e. The number of halogens is 1. The molecule has 2 heterocycles. The Kier molecular flexibility index (Phi) is 8.94. The molecule has 9 heteroatoms. The summed E-state index contributed by atoms with van der Waals surface area (Å²) < 4.78 is 17.0. The standard InChI is InChI=1S/C21H29N5O3.HI/c1-6-27-16-9-7-8-15-12-17(28-19(15)16)14(4)24-21(22-5)23-11-10-18-25-20(13(2)3)26-29-18;/h7-9,12-14H,6,10-11H2,1-5H3,(H2,22,23,24);1H. The quantitative estimate of drug-likeness (QED) is 0.254. The van der Waals surface area contributed by atoms with Crippen LogP contribution in [0.3, 0.4) is 0 Å². The van der Waals surface area contributed by atoms with Crippen molar-refractivity contribution in [3.05, 3.63) is 41.7 Å². The lowest BCUT2D eigenvalue weighted by Crippen LogP contribution is -2.39. The number of nitrogens with zero attached hydrogens (tertiary/aromatic N) is 3. The van der Waals surface area contributed by atoms with Gasteiger partial charge in [-0.15, -0.1) is 24.0 Å². The molecule has 0 bridgehead atoms. The van der Waals surface area contributed by atoms with Gasteiger partial charge in [-0.25, -0.2) is 0 Å². The molecule has 1 atom stereocenters. The first-order chi connectivity index (χ1) is 14.0. The van der Waals surface area contributed by atoms with Crippen LogP contribution >= 0.6 is 24.0 Å². The lowest BCUT2D eigenvalue weighted by Gasteiger charge is -2.15. The highest BCUT2D eigenvalue weighted by atomic mass is 127. The highest BCUT2D eigenvalue weighted by Gasteiger charge is 2.16. The number of aliphatic imine (C=N–C) groups is 1. The first-order valence-corrected chi connectivity index (χ1v) is 9.96. The van der Waals surface area contributed by atoms with Crippen LogP contribution in [-0.2, 0) is 6.42 Å². The van der Waals surface area contributed by atoms with Crippen LogP contribution in [0, 0.1) is 0 Å². The zero-order valence-corrected chi connectivity index (χ0v) is 20.4. The highest BCUT2D eigenvalue weighted by molar-refractivity contribution is 14.0. The van der Waals surface area contributed by atoms with E-state index < -0.39 is 0 Å². The van der Waals surface area contributed by atoms with Gasteiger partial charge < -0.3 is 24.3 Å². The Morgan fingerprint density at radius 3 is 2.73 bits per heavy atom. The minimum atomic E-state index is -0.0703. The molecule has 3 rings (SSSR count). The van der Waals surface area contributed by atoms with Crippen LogP contribution in [0.15, 0.2) is 38.2 Å². The maximum absolute atomic E-state index is 6.05. The molecule has 0 saturated heterocycles. The number of guanidine groups is 1. The van der Waals surface area contributed by atoms with E-state index in [2.05, 4.69) is 25.8 Å². The zero-order chi connectivity index (χ0) is 20.8. The van der Waals surface area contributed by atoms with Crippen molar-refractivity contribution in [2.45, 2.75) is 46.1 Å². The molecule has 164 valence electrons. The van der Waals surface area contributed by atoms with Gasteiger partial charge >= 0.3 is 0 Å². The Hall–Kier alpha value is -2.30. The van der Waals surface area contributed by atoms with Crippen LogP contribution in [0.2, 0.25) is 0 Å². The van der Waals surface area contributed by atoms with Gasteiger partial charge in [0.1, 0.15) is 5.76 Å². The molecule has 1 unspecified atom stereocenters. The monoisotopic (exact) mass is 527 g/mol. The Balaban J connectivity index is 0.00000320. The Morgan fingerprint density at radius 2 is 2.07 bits per heavy atom. The number of nitrogens with one attached hydrogen (secondary N) is 2. The molecule has 0 aliphatic carbocycles. The third kappa shape index (κ3) is 5.87. The van der Waals surface area contributed by atoms with Gasteiger partial charge in [0.05, 0.1) is 12.6 Å². The third-order valence-corrected chi connectivity index (χ3v) is 4.46. The largest absolute Gasteiger partial charge is 0.490 e. The summed E-state index contributed by atoms with van der Waals surface area (Å²) >= 11 is 0. The molecule has 0 aliphatic heterocycles. The first kappa shape index (κ1) is 24.0. The summed E-state index contributed by atoms with van der Waals surface area (Å²) in [5.74, 6) is 3.84. The van der Waals surface area contributed by atoms with Crippen molar-refractivity contribution in [2.75, 3.05) is 20.2 Å². The second-order valence-electron chi connectivity index (χ2n) is 7.07. The van der Waals surface area contributed by atoms with Gasteiger partial charge in [0.2, 0.25) is 5.89 Å². The molecule has 3 aromatic rings. The fourth-order valence-electron chi connectivity index (χ4n) is 2.90. The third-order valence-electron chi connectivity index (χ3n) is 4.46. The maximum atomic E-state index is 6.05. The predicted molar refractivity (Wildman–Crippen MR) is 128 cm³/mol. The molecule has 2 N–H and O–H groups in total. The number of benzene rings is 1. The fraction of sp³-hybridized carbons (Fsp3) is 0.476. The van der Waals surface area contributed by atoms with E-state index in [9.17, 15) is 0 Å². The van der Waals surface area contributed by atoms with E-state index in [0.717, 1.165) is 28.3 Å². The van der Waals surface area contributed by atoms with Crippen LogP contribution in [0.1, 0.15) is 57.1 Å². The molecule has 8 nitrogen and oxygen atoms in total. The lowest BCUT2D eigenvalue weighted by molar-refractivity contribution is 0.336. The summed E-state index contributed by atoms with van der Waals surface area (Å²) in [4.78, 5) is 8.66. The van der Waals surface area contributed by atoms with Gasteiger partial charge in [-0.1, -0.05) is 31.1 Å². The number of ether oxygens (including phenoxy) is 1. The van der Waals surface area contributed by atoms with Crippen molar-refractivity contribution in [3.8, 4) is 5.75 Å². The van der Waals surface area contributed by atoms with Crippen LogP contribution in [0.25, 0.3) is 11.0 Å². The zero-order valence-electron chi connectivity index (χ0n) is 18.1. The SMILES string of the molecule is CCOc1cccc2cc(C(C)NC(=NC)NCCc3nc(C(C)C)no3)oc12.I. The second kappa shape index (κ2) is 11.2. The van der Waals surface area contributed by atoms with E-state index in [1.165, 1.54) is 0 Å². The molecular weight excluding hydrogens is 497 g/mol. The second-order valence-corrected chi connectivity index (χ2v) is 7.07. The van der Waals surface area contributed by atoms with Crippen LogP contribution in [-0.4, -0.2) is 36.3 Å². The molecule has 0 spiro atoms. The van der Waals surface area contributed by atoms with E-state index >= 15 is 0 Å². The summed E-state index contributed by atoms with van der Waals surface area (Å²) in [7, 11) is 1.73. The van der Waals surface area contributed by atoms with Crippen molar-refractivity contribution in [1.29, 1.82) is 0 Å². The molecule has 0 amide bonds. The normalized spacial score (nSPS) is 12.7. The van der Waals surface area contributed by atoms with E-state index in [1.54, 1.807) is 7.05 Å². The van der Waals surface area contributed by atoms with Gasteiger partial charge in [0, 0.05) is 31.3 Å². The molecular formula is C21H30IN5O3. The Labute approximate surface area is 193 Å². The summed E-state index contributed by atoms with van der Waals surface area (Å²) in [6.07, 6.45) is 0.622. The van der Waals surface area contributed by atoms with E-state index in [-0.39, 0.29) is 35.9 Å². The number of para-hydroxylation sites is 1. The van der Waals surface area contributed by atoms with E-state index in [0.29, 0.717) is 31.4 Å². The number of rotatable bonds is 8. The maximum Gasteiger partial charge on any atom is 0.228 e. The van der Waals surface area contributed by atoms with Crippen LogP contribution < -0.4 is 15.4 Å². The van der Waals surface area contributed by atoms with Crippen molar-refractivity contribution >= 4 is 40.9 Å². The van der Waals surface area contributed by atoms with Gasteiger partial charge in [0.25, 0.3) is 0 Å². The number of fused-ring (bicyclic) bond motifs is 1. The van der Waals surface area contributed by atoms with Crippen LogP contribution in [0.5, 0.6) is 5.75 Å². The highest BCUT2D eigenvalue weighted by Crippen LogP contribution is 2.31. The van der Waals surface area contributed by atoms with Gasteiger partial charge in [0.15, 0.2) is 23.1 Å². The van der Waals surface area contributed by atoms with E-state index in [1.807, 2.05) is 52.0 Å². The fourth-order valence-corrected chi connectivity index (χ4v) is 2.90. The molecule has 0 saturated carbocycles. The van der Waals surface area contributed by atoms with E-state index in [4.69, 9.17) is 13.7 Å². The van der Waals surface area contributed by atoms with Gasteiger partial charge in [-0.2, -0.15) is 4.98 Å². The van der Waals surface area contributed by atoms with Crippen LogP contribution in [0.4, 0.5) is 0 Å². The molecule has 1 aromatic carbocycles. The minimum absolute atomic E-state index is 0. The first-order valence-electron chi connectivity index (χ1n) is 9.96. The average molecular weight is 527 g/mol. The lowest BCUT2D eigenvalue weighted by atomic mass is 10.2. The van der Waals surface area contributed by atoms with Gasteiger partial charge in [-0.05, 0) is 26.0 Å². The van der Waals surface area contributed by atoms with Crippen molar-refractivity contribution in [1.82, 2.24) is 20.8 Å². The molecule has 2 aromatic heterocycles. The number of furan rings is 1. The summed E-state index contributed by atoms with van der Waals surface area (Å²) in [5, 5.41) is 11.6. The molecule has 0 fully saturated rings. The number of hydrogen-bond acceptors (Lipinski definition) is 6. The Bertz CT molecular complexity index is 967. The summed E-state index contributed by atoms with van der Waals surface area (Å²) in [6.45, 7) is 9.28. The summed E-state index contributed by atoms with van der Waals surface area (Å²) in [6, 6.07) is 7.85. The van der Waals surface area contributed by atoms with Crippen molar-refractivity contribution < 1.29 is 13.7 Å². The predicted octanol–water partition coefficient (Wildman–Crippen LogP) is 4.42. The molecule has 30 heavy (non-hydrogen) atoms. The molecule has 0 aliphatic rings. The number of hydrogen-bond donors (Lipinski definition) is 2. The minimum Gasteiger partial charge on any atom is -0.490 e. The van der Waals surface area contributed by atoms with Crippen molar-refractivity contribution in [3.63, 3.8) is 0 Å². The van der Waals surface area contributed by atoms with Gasteiger partial charge in [-0.3, -0.25) is 4.99 Å².